The molecule has 0 bridgehead atoms. The van der Waals surface area contributed by atoms with Gasteiger partial charge in [0.05, 0.1) is 17.2 Å². The molecular weight excluding hydrogens is 360 g/mol. The van der Waals surface area contributed by atoms with E-state index in [1.807, 2.05) is 31.2 Å². The second-order valence-electron chi connectivity index (χ2n) is 7.95. The first-order chi connectivity index (χ1) is 14.0. The number of H-pyrrole nitrogens is 1. The Hall–Kier alpha value is -3.52. The minimum atomic E-state index is -0.326. The number of nitrogens with two attached hydrogens (primary N) is 1. The number of nitrogens with zero attached hydrogens (tertiary/aromatic N) is 2. The third kappa shape index (κ3) is 3.50. The maximum absolute atomic E-state index is 9.79. The van der Waals surface area contributed by atoms with Gasteiger partial charge in [0.15, 0.2) is 0 Å². The summed E-state index contributed by atoms with van der Waals surface area (Å²) in [6.07, 6.45) is 1.04. The standard InChI is InChI=1S/C24H24N4O/c1-14(2)12-16-6-10-18(11-7-16)22-21-20(17-8-4-15(3)5-9-17)19(13-25)23(26)29-24(21)28-27-22/h4-11,14,20H,12,26H2,1-3H3,(H,27,28)/t20-/m0/s1. The number of aromatic nitrogens is 2. The van der Waals surface area contributed by atoms with Crippen molar-refractivity contribution < 1.29 is 4.74 Å². The molecule has 0 fully saturated rings. The van der Waals surface area contributed by atoms with E-state index in [0.29, 0.717) is 17.4 Å². The minimum absolute atomic E-state index is 0.107. The van der Waals surface area contributed by atoms with Gasteiger partial charge in [-0.3, -0.25) is 5.10 Å². The molecule has 5 nitrogen and oxygen atoms in total. The molecule has 0 aliphatic carbocycles. The highest BCUT2D eigenvalue weighted by Crippen LogP contribution is 2.45. The Kier molecular flexibility index (Phi) is 4.85. The van der Waals surface area contributed by atoms with E-state index < -0.39 is 0 Å². The number of hydrogen-bond acceptors (Lipinski definition) is 4. The van der Waals surface area contributed by atoms with Crippen molar-refractivity contribution in [2.24, 2.45) is 11.7 Å². The van der Waals surface area contributed by atoms with Gasteiger partial charge in [-0.1, -0.05) is 67.9 Å². The van der Waals surface area contributed by atoms with Crippen molar-refractivity contribution in [2.75, 3.05) is 0 Å². The maximum Gasteiger partial charge on any atom is 0.244 e. The normalized spacial score (nSPS) is 15.8. The van der Waals surface area contributed by atoms with Crippen LogP contribution in [0.4, 0.5) is 0 Å². The molecule has 1 aliphatic rings. The number of aryl methyl sites for hydroxylation is 1. The summed E-state index contributed by atoms with van der Waals surface area (Å²) in [5.74, 6) is 0.809. The molecule has 0 radical (unpaired) electrons. The van der Waals surface area contributed by atoms with Crippen LogP contribution in [0.5, 0.6) is 5.88 Å². The second kappa shape index (κ2) is 7.48. The number of nitrogens with one attached hydrogen (secondary N) is 1. The van der Waals surface area contributed by atoms with Crippen molar-refractivity contribution in [3.63, 3.8) is 0 Å². The van der Waals surface area contributed by atoms with Gasteiger partial charge in [-0.15, -0.1) is 5.10 Å². The molecule has 3 N–H and O–H groups in total. The van der Waals surface area contributed by atoms with Gasteiger partial charge in [-0.25, -0.2) is 0 Å². The highest BCUT2D eigenvalue weighted by molar-refractivity contribution is 5.71. The van der Waals surface area contributed by atoms with Crippen molar-refractivity contribution in [2.45, 2.75) is 33.1 Å². The lowest BCUT2D eigenvalue weighted by molar-refractivity contribution is 0.379. The number of hydrogen-bond donors (Lipinski definition) is 2. The average molecular weight is 384 g/mol. The second-order valence-corrected chi connectivity index (χ2v) is 7.95. The van der Waals surface area contributed by atoms with E-state index in [9.17, 15) is 5.26 Å². The van der Waals surface area contributed by atoms with Crippen molar-refractivity contribution in [1.82, 2.24) is 10.2 Å². The summed E-state index contributed by atoms with van der Waals surface area (Å²) in [5, 5.41) is 17.2. The number of nitriles is 1. The molecule has 0 saturated heterocycles. The van der Waals surface area contributed by atoms with Gasteiger partial charge in [0.2, 0.25) is 11.8 Å². The van der Waals surface area contributed by atoms with Gasteiger partial charge in [-0.2, -0.15) is 5.26 Å². The topological polar surface area (TPSA) is 87.7 Å². The summed E-state index contributed by atoms with van der Waals surface area (Å²) in [6, 6.07) is 18.8. The summed E-state index contributed by atoms with van der Waals surface area (Å²) in [7, 11) is 0. The lowest BCUT2D eigenvalue weighted by Gasteiger charge is -2.24. The third-order valence-corrected chi connectivity index (χ3v) is 5.24. The summed E-state index contributed by atoms with van der Waals surface area (Å²) >= 11 is 0. The van der Waals surface area contributed by atoms with Crippen LogP contribution in [0.1, 0.15) is 42.0 Å². The number of rotatable bonds is 4. The minimum Gasteiger partial charge on any atom is -0.420 e. The molecule has 1 aromatic heterocycles. The molecule has 1 atom stereocenters. The Labute approximate surface area is 170 Å². The molecule has 2 heterocycles. The molecule has 146 valence electrons. The summed E-state index contributed by atoms with van der Waals surface area (Å²) < 4.78 is 5.68. The number of benzene rings is 2. The van der Waals surface area contributed by atoms with Crippen molar-refractivity contribution >= 4 is 0 Å². The predicted molar refractivity (Wildman–Crippen MR) is 113 cm³/mol. The van der Waals surface area contributed by atoms with E-state index in [1.54, 1.807) is 0 Å². The van der Waals surface area contributed by atoms with Crippen molar-refractivity contribution in [3.8, 4) is 23.2 Å². The Balaban J connectivity index is 1.82. The van der Waals surface area contributed by atoms with Crippen LogP contribution in [0.15, 0.2) is 60.0 Å². The molecule has 0 spiro atoms. The van der Waals surface area contributed by atoms with Gasteiger partial charge in [0.25, 0.3) is 0 Å². The summed E-state index contributed by atoms with van der Waals surface area (Å²) in [4.78, 5) is 0. The summed E-state index contributed by atoms with van der Waals surface area (Å²) in [6.45, 7) is 6.46. The zero-order valence-electron chi connectivity index (χ0n) is 16.9. The molecule has 1 aliphatic heterocycles. The monoisotopic (exact) mass is 384 g/mol. The Bertz CT molecular complexity index is 1100. The fourth-order valence-corrected chi connectivity index (χ4v) is 3.84. The number of ether oxygens (including phenoxy) is 1. The fourth-order valence-electron chi connectivity index (χ4n) is 3.84. The lowest BCUT2D eigenvalue weighted by Crippen LogP contribution is -2.21. The van der Waals surface area contributed by atoms with Crippen LogP contribution in [-0.4, -0.2) is 10.2 Å². The first-order valence-electron chi connectivity index (χ1n) is 9.79. The van der Waals surface area contributed by atoms with Crippen LogP contribution in [0.25, 0.3) is 11.3 Å². The largest absolute Gasteiger partial charge is 0.420 e. The Morgan fingerprint density at radius 2 is 1.83 bits per heavy atom. The highest BCUT2D eigenvalue weighted by Gasteiger charge is 2.35. The van der Waals surface area contributed by atoms with Crippen LogP contribution in [-0.2, 0) is 6.42 Å². The smallest absolute Gasteiger partial charge is 0.244 e. The maximum atomic E-state index is 9.79. The van der Waals surface area contributed by atoms with E-state index >= 15 is 0 Å². The molecule has 4 rings (SSSR count). The van der Waals surface area contributed by atoms with Crippen LogP contribution >= 0.6 is 0 Å². The van der Waals surface area contributed by atoms with Crippen LogP contribution in [0.3, 0.4) is 0 Å². The quantitative estimate of drug-likeness (QED) is 0.676. The first kappa shape index (κ1) is 18.8. The zero-order chi connectivity index (χ0) is 20.5. The van der Waals surface area contributed by atoms with Crippen LogP contribution < -0.4 is 10.5 Å². The molecule has 3 aromatic rings. The van der Waals surface area contributed by atoms with Gasteiger partial charge >= 0.3 is 0 Å². The molecule has 0 saturated carbocycles. The Morgan fingerprint density at radius 3 is 2.45 bits per heavy atom. The molecule has 0 amide bonds. The molecule has 0 unspecified atom stereocenters. The van der Waals surface area contributed by atoms with Crippen LogP contribution in [0.2, 0.25) is 0 Å². The van der Waals surface area contributed by atoms with Crippen molar-refractivity contribution in [1.29, 1.82) is 5.26 Å². The van der Waals surface area contributed by atoms with Crippen LogP contribution in [0, 0.1) is 24.2 Å². The molecule has 5 heteroatoms. The van der Waals surface area contributed by atoms with E-state index in [4.69, 9.17) is 10.5 Å². The molecule has 29 heavy (non-hydrogen) atoms. The van der Waals surface area contributed by atoms with E-state index in [1.165, 1.54) is 5.56 Å². The third-order valence-electron chi connectivity index (χ3n) is 5.24. The predicted octanol–water partition coefficient (Wildman–Crippen LogP) is 4.80. The van der Waals surface area contributed by atoms with Crippen molar-refractivity contribution in [3.05, 3.63) is 82.2 Å². The number of fused-ring (bicyclic) bond motifs is 1. The molecule has 2 aromatic carbocycles. The fraction of sp³-hybridized carbons (Fsp3) is 0.250. The van der Waals surface area contributed by atoms with E-state index in [2.05, 4.69) is 54.4 Å². The van der Waals surface area contributed by atoms with Gasteiger partial charge in [-0.05, 0) is 30.4 Å². The number of aromatic amines is 1. The highest BCUT2D eigenvalue weighted by atomic mass is 16.5. The molecular formula is C24H24N4O. The summed E-state index contributed by atoms with van der Waals surface area (Å²) in [5.41, 5.74) is 12.6. The number of allylic oxidation sites excluding steroid dienone is 1. The van der Waals surface area contributed by atoms with Gasteiger partial charge in [0, 0.05) is 5.56 Å². The Morgan fingerprint density at radius 1 is 1.14 bits per heavy atom. The van der Waals surface area contributed by atoms with Gasteiger partial charge in [0.1, 0.15) is 11.6 Å². The average Bonchev–Trinajstić information content (AvgIpc) is 3.11. The first-order valence-corrected chi connectivity index (χ1v) is 9.79. The van der Waals surface area contributed by atoms with Gasteiger partial charge < -0.3 is 10.5 Å². The SMILES string of the molecule is Cc1ccc([C@H]2C(C#N)=C(N)Oc3n[nH]c(-c4ccc(CC(C)C)cc4)c32)cc1. The van der Waals surface area contributed by atoms with E-state index in [-0.39, 0.29) is 11.8 Å². The zero-order valence-corrected chi connectivity index (χ0v) is 16.9. The van der Waals surface area contributed by atoms with E-state index in [0.717, 1.165) is 34.4 Å². The lowest BCUT2D eigenvalue weighted by atomic mass is 9.82.